The summed E-state index contributed by atoms with van der Waals surface area (Å²) in [6.07, 6.45) is 8.51. The molecule has 0 radical (unpaired) electrons. The highest BCUT2D eigenvalue weighted by Crippen LogP contribution is 1.83. The zero-order chi connectivity index (χ0) is 4.95. The molecule has 44 valence electrons. The molecule has 0 aromatic heterocycles. The molecule has 1 aliphatic heterocycles. The molecule has 0 aliphatic carbocycles. The Kier molecular flexibility index (Phi) is 4.26. The van der Waals surface area contributed by atoms with Gasteiger partial charge in [0.25, 0.3) is 0 Å². The summed E-state index contributed by atoms with van der Waals surface area (Å²) in [4.78, 5) is 4.52. The van der Waals surface area contributed by atoms with Crippen LogP contribution >= 0.6 is 17.0 Å². The summed E-state index contributed by atoms with van der Waals surface area (Å²) in [5, 5.41) is 3.47. The molecule has 1 heterocycles. The van der Waals surface area contributed by atoms with Gasteiger partial charge in [-0.1, -0.05) is 11.2 Å². The van der Waals surface area contributed by atoms with E-state index in [0.717, 1.165) is 0 Å². The Labute approximate surface area is 58.3 Å². The number of oxime groups is 1. The summed E-state index contributed by atoms with van der Waals surface area (Å²) in [6.45, 7) is 0. The van der Waals surface area contributed by atoms with Crippen LogP contribution in [0.4, 0.5) is 0 Å². The van der Waals surface area contributed by atoms with Crippen LogP contribution in [-0.4, -0.2) is 6.21 Å². The van der Waals surface area contributed by atoms with Gasteiger partial charge in [0.2, 0.25) is 0 Å². The number of allylic oxidation sites excluding steroid dienone is 3. The largest absolute Gasteiger partial charge is 0.365 e. The van der Waals surface area contributed by atoms with Crippen molar-refractivity contribution in [1.82, 2.24) is 0 Å². The molecule has 3 heteroatoms. The van der Waals surface area contributed by atoms with Gasteiger partial charge < -0.3 is 4.84 Å². The third-order valence-electron chi connectivity index (χ3n) is 0.569. The zero-order valence-corrected chi connectivity index (χ0v) is 5.86. The van der Waals surface area contributed by atoms with E-state index in [-0.39, 0.29) is 17.0 Å². The Bertz CT molecular complexity index is 114. The van der Waals surface area contributed by atoms with Crippen LogP contribution in [0, 0.1) is 0 Å². The summed E-state index contributed by atoms with van der Waals surface area (Å²) >= 11 is 0. The van der Waals surface area contributed by atoms with Gasteiger partial charge in [-0.15, -0.1) is 17.0 Å². The van der Waals surface area contributed by atoms with E-state index in [4.69, 9.17) is 0 Å². The Morgan fingerprint density at radius 2 is 2.00 bits per heavy atom. The van der Waals surface area contributed by atoms with E-state index in [1.165, 1.54) is 6.26 Å². The number of rotatable bonds is 0. The lowest BCUT2D eigenvalue weighted by molar-refractivity contribution is 0.271. The normalized spacial score (nSPS) is 14.0. The highest BCUT2D eigenvalue weighted by Gasteiger charge is 1.70. The third-order valence-corrected chi connectivity index (χ3v) is 0.569. The van der Waals surface area contributed by atoms with Gasteiger partial charge in [0.15, 0.2) is 0 Å². The second kappa shape index (κ2) is 4.59. The molecule has 0 unspecified atom stereocenters. The van der Waals surface area contributed by atoms with Gasteiger partial charge in [-0.05, 0) is 12.2 Å². The highest BCUT2D eigenvalue weighted by atomic mass is 79.9. The van der Waals surface area contributed by atoms with Gasteiger partial charge in [0, 0.05) is 0 Å². The molecule has 0 aromatic carbocycles. The minimum absolute atomic E-state index is 0. The Morgan fingerprint density at radius 3 is 2.88 bits per heavy atom. The second-order valence-corrected chi connectivity index (χ2v) is 1.07. The molecule has 0 saturated heterocycles. The lowest BCUT2D eigenvalue weighted by Crippen LogP contribution is -1.61. The lowest BCUT2D eigenvalue weighted by atomic mass is 10.5. The first-order chi connectivity index (χ1) is 3.50. The molecule has 0 aromatic rings. The van der Waals surface area contributed by atoms with Crippen molar-refractivity contribution in [1.29, 1.82) is 0 Å². The number of hydrogen-bond acceptors (Lipinski definition) is 2. The average Bonchev–Trinajstić information content (AvgIpc) is 1.90. The lowest BCUT2D eigenvalue weighted by Gasteiger charge is -1.77. The number of nitrogens with zero attached hydrogens (tertiary/aromatic N) is 1. The molecule has 0 amide bonds. The SMILES string of the molecule is Br.C1=CC=NOC=C1. The van der Waals surface area contributed by atoms with Crippen molar-refractivity contribution in [3.05, 3.63) is 24.5 Å². The third kappa shape index (κ3) is 2.58. The van der Waals surface area contributed by atoms with E-state index in [0.29, 0.717) is 0 Å². The van der Waals surface area contributed by atoms with Gasteiger partial charge in [0.1, 0.15) is 6.26 Å². The van der Waals surface area contributed by atoms with Gasteiger partial charge >= 0.3 is 0 Å². The second-order valence-electron chi connectivity index (χ2n) is 1.07. The monoisotopic (exact) mass is 175 g/mol. The standard InChI is InChI=1S/C5H5NO.BrH/c1-2-4-6-7-5-3-1;/h1-5H;1H. The maximum absolute atomic E-state index is 4.52. The maximum Gasteiger partial charge on any atom is 0.122 e. The summed E-state index contributed by atoms with van der Waals surface area (Å²) < 4.78 is 0. The summed E-state index contributed by atoms with van der Waals surface area (Å²) in [7, 11) is 0. The molecule has 8 heavy (non-hydrogen) atoms. The molecule has 0 atom stereocenters. The van der Waals surface area contributed by atoms with E-state index in [1.807, 2.05) is 6.08 Å². The van der Waals surface area contributed by atoms with Crippen LogP contribution in [-0.2, 0) is 4.84 Å². The van der Waals surface area contributed by atoms with Crippen LogP contribution in [0.3, 0.4) is 0 Å². The molecule has 1 aliphatic rings. The molecule has 0 spiro atoms. The topological polar surface area (TPSA) is 21.6 Å². The van der Waals surface area contributed by atoms with Gasteiger partial charge in [0.05, 0.1) is 6.21 Å². The predicted octanol–water partition coefficient (Wildman–Crippen LogP) is 1.65. The van der Waals surface area contributed by atoms with Crippen LogP contribution < -0.4 is 0 Å². The molecule has 0 bridgehead atoms. The smallest absolute Gasteiger partial charge is 0.122 e. The van der Waals surface area contributed by atoms with Crippen LogP contribution in [0.1, 0.15) is 0 Å². The Morgan fingerprint density at radius 1 is 1.12 bits per heavy atom. The quantitative estimate of drug-likeness (QED) is 0.549. The molecule has 0 N–H and O–H groups in total. The van der Waals surface area contributed by atoms with Crippen LogP contribution in [0.15, 0.2) is 29.6 Å². The van der Waals surface area contributed by atoms with Gasteiger partial charge in [-0.25, -0.2) is 0 Å². The Balaban J connectivity index is 0.000000490. The average molecular weight is 176 g/mol. The first-order valence-corrected chi connectivity index (χ1v) is 2.01. The molecule has 2 nitrogen and oxygen atoms in total. The number of halogens is 1. The van der Waals surface area contributed by atoms with E-state index in [2.05, 4.69) is 9.99 Å². The molecule has 0 saturated carbocycles. The fourth-order valence-electron chi connectivity index (χ4n) is 0.300. The first kappa shape index (κ1) is 7.43. The molecular weight excluding hydrogens is 170 g/mol. The molecular formula is C5H6BrNO. The van der Waals surface area contributed by atoms with Crippen molar-refractivity contribution < 1.29 is 4.84 Å². The van der Waals surface area contributed by atoms with Crippen LogP contribution in [0.25, 0.3) is 0 Å². The van der Waals surface area contributed by atoms with Crippen molar-refractivity contribution in [3.8, 4) is 0 Å². The van der Waals surface area contributed by atoms with Crippen molar-refractivity contribution in [2.45, 2.75) is 0 Å². The summed E-state index contributed by atoms with van der Waals surface area (Å²) in [6, 6.07) is 0. The first-order valence-electron chi connectivity index (χ1n) is 2.01. The number of hydrogen-bond donors (Lipinski definition) is 0. The molecule has 1 rings (SSSR count). The van der Waals surface area contributed by atoms with E-state index in [1.54, 1.807) is 18.4 Å². The summed E-state index contributed by atoms with van der Waals surface area (Å²) in [5.41, 5.74) is 0. The Hall–Kier alpha value is -0.570. The van der Waals surface area contributed by atoms with Crippen molar-refractivity contribution in [2.24, 2.45) is 5.16 Å². The van der Waals surface area contributed by atoms with Gasteiger partial charge in [-0.3, -0.25) is 0 Å². The minimum atomic E-state index is 0. The van der Waals surface area contributed by atoms with Gasteiger partial charge in [-0.2, -0.15) is 0 Å². The van der Waals surface area contributed by atoms with Crippen molar-refractivity contribution in [2.75, 3.05) is 0 Å². The van der Waals surface area contributed by atoms with Crippen molar-refractivity contribution >= 4 is 23.2 Å². The predicted molar refractivity (Wildman–Crippen MR) is 38.2 cm³/mol. The van der Waals surface area contributed by atoms with E-state index >= 15 is 0 Å². The van der Waals surface area contributed by atoms with Crippen LogP contribution in [0.2, 0.25) is 0 Å². The van der Waals surface area contributed by atoms with Crippen molar-refractivity contribution in [3.63, 3.8) is 0 Å². The maximum atomic E-state index is 4.52. The van der Waals surface area contributed by atoms with Crippen LogP contribution in [0.5, 0.6) is 0 Å². The fourth-order valence-corrected chi connectivity index (χ4v) is 0.300. The highest BCUT2D eigenvalue weighted by molar-refractivity contribution is 8.93. The van der Waals surface area contributed by atoms with E-state index < -0.39 is 0 Å². The zero-order valence-electron chi connectivity index (χ0n) is 4.15. The fraction of sp³-hybridized carbons (Fsp3) is 0. The molecule has 0 fully saturated rings. The minimum Gasteiger partial charge on any atom is -0.365 e. The van der Waals surface area contributed by atoms with E-state index in [9.17, 15) is 0 Å². The summed E-state index contributed by atoms with van der Waals surface area (Å²) in [5.74, 6) is 0.